The molecule has 0 atom stereocenters. The van der Waals surface area contributed by atoms with Crippen LogP contribution in [0.2, 0.25) is 0 Å². The van der Waals surface area contributed by atoms with Crippen molar-refractivity contribution in [2.45, 2.75) is 6.92 Å². The molecule has 0 aliphatic heterocycles. The van der Waals surface area contributed by atoms with Gasteiger partial charge in [-0.15, -0.1) is 0 Å². The summed E-state index contributed by atoms with van der Waals surface area (Å²) in [6.45, 7) is 1.98. The van der Waals surface area contributed by atoms with Gasteiger partial charge in [-0.25, -0.2) is 4.98 Å². The first kappa shape index (κ1) is 6.85. The van der Waals surface area contributed by atoms with E-state index in [2.05, 4.69) is 32.0 Å². The van der Waals surface area contributed by atoms with Gasteiger partial charge in [0.25, 0.3) is 0 Å². The molecule has 2 nitrogen and oxygen atoms in total. The Bertz CT molecular complexity index is 392. The van der Waals surface area contributed by atoms with E-state index in [9.17, 15) is 0 Å². The van der Waals surface area contributed by atoms with Crippen LogP contribution in [0.4, 0.5) is 0 Å². The van der Waals surface area contributed by atoms with E-state index in [4.69, 9.17) is 0 Å². The Morgan fingerprint density at radius 2 is 2.36 bits per heavy atom. The quantitative estimate of drug-likeness (QED) is 0.666. The van der Waals surface area contributed by atoms with Crippen LogP contribution in [-0.2, 0) is 0 Å². The fourth-order valence-corrected chi connectivity index (χ4v) is 1.77. The summed E-state index contributed by atoms with van der Waals surface area (Å²) in [7, 11) is 0. The first-order valence-electron chi connectivity index (χ1n) is 3.37. The van der Waals surface area contributed by atoms with E-state index < -0.39 is 0 Å². The van der Waals surface area contributed by atoms with Crippen LogP contribution in [0, 0.1) is 6.92 Å². The maximum Gasteiger partial charge on any atom is 0.130 e. The van der Waals surface area contributed by atoms with Gasteiger partial charge in [0, 0.05) is 17.3 Å². The van der Waals surface area contributed by atoms with Crippen molar-refractivity contribution >= 4 is 26.8 Å². The van der Waals surface area contributed by atoms with Gasteiger partial charge in [-0.1, -0.05) is 0 Å². The monoisotopic (exact) mass is 210 g/mol. The van der Waals surface area contributed by atoms with Crippen molar-refractivity contribution in [2.75, 3.05) is 0 Å². The number of pyridine rings is 1. The van der Waals surface area contributed by atoms with E-state index >= 15 is 0 Å². The van der Waals surface area contributed by atoms with Crippen LogP contribution in [0.15, 0.2) is 22.9 Å². The molecule has 0 unspecified atom stereocenters. The molecule has 0 bridgehead atoms. The molecule has 11 heavy (non-hydrogen) atoms. The number of nitrogens with zero attached hydrogens (tertiary/aromatic N) is 1. The number of aryl methyl sites for hydroxylation is 1. The van der Waals surface area contributed by atoms with Crippen molar-refractivity contribution < 1.29 is 0 Å². The number of H-pyrrole nitrogens is 1. The largest absolute Gasteiger partial charge is 0.359 e. The average Bonchev–Trinajstić information content (AvgIpc) is 2.34. The number of halogens is 1. The molecule has 3 heteroatoms. The Labute approximate surface area is 72.8 Å². The molecule has 1 N–H and O–H groups in total. The summed E-state index contributed by atoms with van der Waals surface area (Å²) in [6.07, 6.45) is 1.91. The van der Waals surface area contributed by atoms with E-state index in [0.717, 1.165) is 15.8 Å². The summed E-state index contributed by atoms with van der Waals surface area (Å²) in [5.74, 6) is 0. The fraction of sp³-hybridized carbons (Fsp3) is 0.125. The second-order valence-electron chi connectivity index (χ2n) is 2.50. The summed E-state index contributed by atoms with van der Waals surface area (Å²) < 4.78 is 0.887. The molecule has 0 fully saturated rings. The second-order valence-corrected chi connectivity index (χ2v) is 3.25. The Balaban J connectivity index is 2.91. The van der Waals surface area contributed by atoms with Crippen molar-refractivity contribution in [3.63, 3.8) is 0 Å². The Kier molecular flexibility index (Phi) is 1.46. The third-order valence-electron chi connectivity index (χ3n) is 1.62. The van der Waals surface area contributed by atoms with Crippen molar-refractivity contribution in [3.05, 3.63) is 28.6 Å². The topological polar surface area (TPSA) is 28.7 Å². The summed E-state index contributed by atoms with van der Waals surface area (Å²) in [6, 6.07) is 4.09. The number of fused-ring (bicyclic) bond motifs is 1. The standard InChI is InChI=1S/C8H7BrN2/c1-5-4-6-2-3-10-7(6)8(9)11-5/h2-4,10H,1H3. The maximum absolute atomic E-state index is 4.26. The molecule has 0 aliphatic carbocycles. The highest BCUT2D eigenvalue weighted by Crippen LogP contribution is 2.20. The second kappa shape index (κ2) is 2.34. The lowest BCUT2D eigenvalue weighted by atomic mass is 10.3. The minimum absolute atomic E-state index is 0.887. The van der Waals surface area contributed by atoms with Gasteiger partial charge >= 0.3 is 0 Å². The van der Waals surface area contributed by atoms with Crippen LogP contribution in [0.3, 0.4) is 0 Å². The van der Waals surface area contributed by atoms with Crippen molar-refractivity contribution in [3.8, 4) is 0 Å². The Morgan fingerprint density at radius 1 is 1.55 bits per heavy atom. The van der Waals surface area contributed by atoms with Crippen LogP contribution in [0.1, 0.15) is 5.69 Å². The first-order chi connectivity index (χ1) is 5.27. The van der Waals surface area contributed by atoms with E-state index in [-0.39, 0.29) is 0 Å². The molecule has 2 aromatic heterocycles. The van der Waals surface area contributed by atoms with Crippen LogP contribution in [0.5, 0.6) is 0 Å². The van der Waals surface area contributed by atoms with Gasteiger partial charge in [0.1, 0.15) is 4.60 Å². The normalized spacial score (nSPS) is 10.7. The third kappa shape index (κ3) is 1.05. The number of hydrogen-bond acceptors (Lipinski definition) is 1. The molecular formula is C8H7BrN2. The number of rotatable bonds is 0. The fourth-order valence-electron chi connectivity index (χ4n) is 1.15. The zero-order valence-electron chi connectivity index (χ0n) is 6.06. The highest BCUT2D eigenvalue weighted by atomic mass is 79.9. The summed E-state index contributed by atoms with van der Waals surface area (Å²) in [5.41, 5.74) is 2.10. The van der Waals surface area contributed by atoms with Gasteiger partial charge in [0.2, 0.25) is 0 Å². The minimum atomic E-state index is 0.887. The van der Waals surface area contributed by atoms with E-state index in [0.29, 0.717) is 0 Å². The first-order valence-corrected chi connectivity index (χ1v) is 4.17. The molecule has 0 spiro atoms. The van der Waals surface area contributed by atoms with E-state index in [1.807, 2.05) is 19.2 Å². The predicted octanol–water partition coefficient (Wildman–Crippen LogP) is 2.63. The molecule has 2 aromatic rings. The molecule has 2 heterocycles. The SMILES string of the molecule is Cc1cc2cc[nH]c2c(Br)n1. The van der Waals surface area contributed by atoms with E-state index in [1.165, 1.54) is 5.39 Å². The van der Waals surface area contributed by atoms with Gasteiger partial charge in [0.15, 0.2) is 0 Å². The lowest BCUT2D eigenvalue weighted by Crippen LogP contribution is -1.82. The number of hydrogen-bond donors (Lipinski definition) is 1. The van der Waals surface area contributed by atoms with Gasteiger partial charge in [-0.2, -0.15) is 0 Å². The van der Waals surface area contributed by atoms with Gasteiger partial charge in [-0.3, -0.25) is 0 Å². The third-order valence-corrected chi connectivity index (χ3v) is 2.20. The molecule has 2 rings (SSSR count). The Hall–Kier alpha value is -0.830. The lowest BCUT2D eigenvalue weighted by molar-refractivity contribution is 1.18. The number of nitrogens with one attached hydrogen (secondary N) is 1. The maximum atomic E-state index is 4.26. The molecule has 0 radical (unpaired) electrons. The zero-order chi connectivity index (χ0) is 7.84. The molecule has 0 saturated carbocycles. The Morgan fingerprint density at radius 3 is 3.18 bits per heavy atom. The van der Waals surface area contributed by atoms with Gasteiger partial charge in [-0.05, 0) is 35.0 Å². The van der Waals surface area contributed by atoms with Crippen molar-refractivity contribution in [1.29, 1.82) is 0 Å². The highest BCUT2D eigenvalue weighted by Gasteiger charge is 2.00. The molecule has 0 amide bonds. The predicted molar refractivity (Wildman–Crippen MR) is 48.5 cm³/mol. The smallest absolute Gasteiger partial charge is 0.130 e. The van der Waals surface area contributed by atoms with Crippen molar-refractivity contribution in [2.24, 2.45) is 0 Å². The van der Waals surface area contributed by atoms with Crippen LogP contribution < -0.4 is 0 Å². The minimum Gasteiger partial charge on any atom is -0.359 e. The lowest BCUT2D eigenvalue weighted by Gasteiger charge is -1.95. The average molecular weight is 211 g/mol. The molecular weight excluding hydrogens is 204 g/mol. The van der Waals surface area contributed by atoms with Crippen LogP contribution >= 0.6 is 15.9 Å². The molecule has 0 saturated heterocycles. The summed E-state index contributed by atoms with van der Waals surface area (Å²) in [4.78, 5) is 7.37. The zero-order valence-corrected chi connectivity index (χ0v) is 7.64. The molecule has 0 aliphatic rings. The van der Waals surface area contributed by atoms with E-state index in [1.54, 1.807) is 0 Å². The number of aromatic amines is 1. The molecule has 0 aromatic carbocycles. The highest BCUT2D eigenvalue weighted by molar-refractivity contribution is 9.10. The van der Waals surface area contributed by atoms with Gasteiger partial charge < -0.3 is 4.98 Å². The molecule has 56 valence electrons. The number of aromatic nitrogens is 2. The summed E-state index contributed by atoms with van der Waals surface area (Å²) in [5, 5.41) is 1.20. The van der Waals surface area contributed by atoms with Crippen LogP contribution in [0.25, 0.3) is 10.9 Å². The van der Waals surface area contributed by atoms with Gasteiger partial charge in [0.05, 0.1) is 5.52 Å². The summed E-state index contributed by atoms with van der Waals surface area (Å²) >= 11 is 3.38. The van der Waals surface area contributed by atoms with Crippen LogP contribution in [-0.4, -0.2) is 9.97 Å². The van der Waals surface area contributed by atoms with Crippen molar-refractivity contribution in [1.82, 2.24) is 9.97 Å².